The third-order valence-corrected chi connectivity index (χ3v) is 9.67. The highest BCUT2D eigenvalue weighted by atomic mass is 28.4. The normalized spacial score (nSPS) is 12.4. The van der Waals surface area contributed by atoms with E-state index in [-0.39, 0.29) is 5.04 Å². The summed E-state index contributed by atoms with van der Waals surface area (Å²) in [5, 5.41) is 2.82. The Hall–Kier alpha value is -1.38. The highest BCUT2D eigenvalue weighted by Gasteiger charge is 2.50. The van der Waals surface area contributed by atoms with Crippen molar-refractivity contribution in [3.05, 3.63) is 60.7 Å². The molecule has 0 unspecified atom stereocenters. The van der Waals surface area contributed by atoms with E-state index < -0.39 is 8.32 Å². The number of hydrogen-bond acceptors (Lipinski definition) is 1. The van der Waals surface area contributed by atoms with E-state index in [2.05, 4.69) is 81.4 Å². The van der Waals surface area contributed by atoms with Gasteiger partial charge in [-0.25, -0.2) is 0 Å². The van der Waals surface area contributed by atoms with Crippen LogP contribution in [-0.4, -0.2) is 15.4 Å². The Labute approximate surface area is 123 Å². The first-order valence-corrected chi connectivity index (χ1v) is 9.15. The molecule has 0 radical (unpaired) electrons. The summed E-state index contributed by atoms with van der Waals surface area (Å²) in [6.45, 7) is 6.93. The highest BCUT2D eigenvalue weighted by molar-refractivity contribution is 6.99. The predicted octanol–water partition coefficient (Wildman–Crippen LogP) is 3.58. The molecule has 0 saturated heterocycles. The van der Waals surface area contributed by atoms with Gasteiger partial charge in [0.1, 0.15) is 0 Å². The van der Waals surface area contributed by atoms with Gasteiger partial charge in [-0.15, -0.1) is 0 Å². The molecule has 0 saturated carbocycles. The van der Waals surface area contributed by atoms with Gasteiger partial charge in [0.15, 0.2) is 0 Å². The van der Waals surface area contributed by atoms with E-state index in [1.165, 1.54) is 10.4 Å². The van der Waals surface area contributed by atoms with Gasteiger partial charge in [0, 0.05) is 7.11 Å². The molecular formula is C18H24OSi. The fourth-order valence-electron chi connectivity index (χ4n) is 3.05. The number of rotatable bonds is 5. The maximum absolute atomic E-state index is 6.30. The van der Waals surface area contributed by atoms with Crippen molar-refractivity contribution in [2.75, 3.05) is 7.11 Å². The second-order valence-corrected chi connectivity index (χ2v) is 10.1. The van der Waals surface area contributed by atoms with Crippen LogP contribution >= 0.6 is 0 Å². The third kappa shape index (κ3) is 2.34. The maximum atomic E-state index is 6.30. The van der Waals surface area contributed by atoms with Crippen LogP contribution in [-0.2, 0) is 4.43 Å². The monoisotopic (exact) mass is 284 g/mol. The Morgan fingerprint density at radius 1 is 0.850 bits per heavy atom. The van der Waals surface area contributed by atoms with E-state index >= 15 is 0 Å². The third-order valence-electron chi connectivity index (χ3n) is 4.50. The molecule has 1 nitrogen and oxygen atoms in total. The summed E-state index contributed by atoms with van der Waals surface area (Å²) in [5.74, 6) is 0. The number of hydrogen-bond donors (Lipinski definition) is 0. The second kappa shape index (κ2) is 5.94. The van der Waals surface area contributed by atoms with E-state index in [9.17, 15) is 0 Å². The van der Waals surface area contributed by atoms with Crippen molar-refractivity contribution < 1.29 is 4.43 Å². The molecule has 0 atom stereocenters. The predicted molar refractivity (Wildman–Crippen MR) is 89.2 cm³/mol. The van der Waals surface area contributed by atoms with Crippen LogP contribution in [0.2, 0.25) is 5.04 Å². The van der Waals surface area contributed by atoms with Crippen LogP contribution < -0.4 is 10.4 Å². The summed E-state index contributed by atoms with van der Waals surface area (Å²) in [5.41, 5.74) is 0. The lowest BCUT2D eigenvalue weighted by atomic mass is 10.1. The zero-order chi connectivity index (χ0) is 14.6. The molecule has 2 heteroatoms. The summed E-state index contributed by atoms with van der Waals surface area (Å²) in [6.07, 6.45) is 1.09. The van der Waals surface area contributed by atoms with Gasteiger partial charge in [0.05, 0.1) is 0 Å². The van der Waals surface area contributed by atoms with Crippen LogP contribution in [0.4, 0.5) is 0 Å². The zero-order valence-electron chi connectivity index (χ0n) is 12.9. The van der Waals surface area contributed by atoms with Crippen molar-refractivity contribution in [3.63, 3.8) is 0 Å². The van der Waals surface area contributed by atoms with Crippen molar-refractivity contribution in [2.45, 2.75) is 32.2 Å². The molecule has 0 heterocycles. The standard InChI is InChI=1S/C18H24OSi/c1-5-18(2,3)20(19-4,16-12-8-6-9-13-16)17-14-10-7-11-15-17/h6-15H,5H2,1-4H3. The lowest BCUT2D eigenvalue weighted by Gasteiger charge is -2.43. The fourth-order valence-corrected chi connectivity index (χ4v) is 7.80. The van der Waals surface area contributed by atoms with Gasteiger partial charge in [-0.05, 0) is 15.4 Å². The van der Waals surface area contributed by atoms with Gasteiger partial charge in [0.25, 0.3) is 8.32 Å². The first-order valence-electron chi connectivity index (χ1n) is 7.24. The SMILES string of the molecule is CCC(C)(C)[Si](OC)(c1ccccc1)c1ccccc1. The molecule has 0 fully saturated rings. The molecule has 0 aliphatic carbocycles. The summed E-state index contributed by atoms with van der Waals surface area (Å²) in [7, 11) is -0.371. The van der Waals surface area contributed by atoms with E-state index in [1.807, 2.05) is 7.11 Å². The van der Waals surface area contributed by atoms with Crippen molar-refractivity contribution in [1.82, 2.24) is 0 Å². The minimum absolute atomic E-state index is 0.129. The quantitative estimate of drug-likeness (QED) is 0.763. The minimum atomic E-state index is -2.25. The second-order valence-electron chi connectivity index (χ2n) is 5.85. The van der Waals surface area contributed by atoms with Crippen LogP contribution in [0, 0.1) is 0 Å². The molecule has 20 heavy (non-hydrogen) atoms. The van der Waals surface area contributed by atoms with Crippen molar-refractivity contribution >= 4 is 18.7 Å². The molecule has 0 aliphatic heterocycles. The average Bonchev–Trinajstić information content (AvgIpc) is 2.50. The van der Waals surface area contributed by atoms with E-state index in [4.69, 9.17) is 4.43 Å². The smallest absolute Gasteiger partial charge is 0.260 e. The van der Waals surface area contributed by atoms with Gasteiger partial charge in [0.2, 0.25) is 0 Å². The van der Waals surface area contributed by atoms with E-state index in [0.717, 1.165) is 6.42 Å². The molecular weight excluding hydrogens is 260 g/mol. The molecule has 106 valence electrons. The summed E-state index contributed by atoms with van der Waals surface area (Å²) >= 11 is 0. The molecule has 0 aromatic heterocycles. The first-order chi connectivity index (χ1) is 9.58. The van der Waals surface area contributed by atoms with Crippen molar-refractivity contribution in [3.8, 4) is 0 Å². The summed E-state index contributed by atoms with van der Waals surface area (Å²) < 4.78 is 6.30. The fraction of sp³-hybridized carbons (Fsp3) is 0.333. The molecule has 0 spiro atoms. The summed E-state index contributed by atoms with van der Waals surface area (Å²) in [6, 6.07) is 21.5. The van der Waals surface area contributed by atoms with Crippen molar-refractivity contribution in [1.29, 1.82) is 0 Å². The molecule has 2 aromatic rings. The van der Waals surface area contributed by atoms with Crippen LogP contribution in [0.1, 0.15) is 27.2 Å². The van der Waals surface area contributed by atoms with Gasteiger partial charge in [-0.2, -0.15) is 0 Å². The molecule has 2 aromatic carbocycles. The Balaban J connectivity index is 2.72. The maximum Gasteiger partial charge on any atom is 0.260 e. The number of benzene rings is 2. The lowest BCUT2D eigenvalue weighted by Crippen LogP contribution is -2.66. The molecule has 0 aliphatic rings. The van der Waals surface area contributed by atoms with E-state index in [1.54, 1.807) is 0 Å². The molecule has 0 bridgehead atoms. The Morgan fingerprint density at radius 3 is 1.55 bits per heavy atom. The van der Waals surface area contributed by atoms with Gasteiger partial charge < -0.3 is 4.43 Å². The molecule has 0 N–H and O–H groups in total. The Bertz CT molecular complexity index is 494. The van der Waals surface area contributed by atoms with Crippen LogP contribution in [0.25, 0.3) is 0 Å². The van der Waals surface area contributed by atoms with E-state index in [0.29, 0.717) is 0 Å². The first kappa shape index (κ1) is 15.0. The summed E-state index contributed by atoms with van der Waals surface area (Å²) in [4.78, 5) is 0. The van der Waals surface area contributed by atoms with Crippen molar-refractivity contribution in [2.24, 2.45) is 0 Å². The lowest BCUT2D eigenvalue weighted by molar-refractivity contribution is 0.376. The van der Waals surface area contributed by atoms with Gasteiger partial charge >= 0.3 is 0 Å². The largest absolute Gasteiger partial charge is 0.411 e. The average molecular weight is 284 g/mol. The van der Waals surface area contributed by atoms with Crippen LogP contribution in [0.15, 0.2) is 60.7 Å². The minimum Gasteiger partial charge on any atom is -0.411 e. The topological polar surface area (TPSA) is 9.23 Å². The van der Waals surface area contributed by atoms with Gasteiger partial charge in [-0.3, -0.25) is 0 Å². The zero-order valence-corrected chi connectivity index (χ0v) is 13.9. The van der Waals surface area contributed by atoms with Gasteiger partial charge in [-0.1, -0.05) is 87.9 Å². The molecule has 2 rings (SSSR count). The Morgan fingerprint density at radius 2 is 1.25 bits per heavy atom. The Kier molecular flexibility index (Phi) is 4.46. The van der Waals surface area contributed by atoms with Crippen LogP contribution in [0.3, 0.4) is 0 Å². The molecule has 0 amide bonds. The highest BCUT2D eigenvalue weighted by Crippen LogP contribution is 2.40. The van der Waals surface area contributed by atoms with Crippen LogP contribution in [0.5, 0.6) is 0 Å².